The van der Waals surface area contributed by atoms with Crippen molar-refractivity contribution in [3.05, 3.63) is 82.9 Å². The van der Waals surface area contributed by atoms with Crippen LogP contribution in [0.15, 0.2) is 66.1 Å². The Labute approximate surface area is 279 Å². The highest BCUT2D eigenvalue weighted by Gasteiger charge is 2.72. The molecule has 5 rings (SSSR count). The second kappa shape index (κ2) is 12.3. The first-order valence-electron chi connectivity index (χ1n) is 14.4. The van der Waals surface area contributed by atoms with E-state index >= 15 is 4.79 Å². The van der Waals surface area contributed by atoms with Crippen LogP contribution in [-0.4, -0.2) is 83.2 Å². The van der Waals surface area contributed by atoms with Gasteiger partial charge in [-0.2, -0.15) is 4.31 Å². The number of hydrogen-bond donors (Lipinski definition) is 2. The van der Waals surface area contributed by atoms with Crippen LogP contribution in [0, 0.1) is 0 Å². The summed E-state index contributed by atoms with van der Waals surface area (Å²) in [5, 5.41) is 13.7. The molecule has 0 aromatic heterocycles. The summed E-state index contributed by atoms with van der Waals surface area (Å²) in [7, 11) is 0.168. The zero-order chi connectivity index (χ0) is 35.4. The summed E-state index contributed by atoms with van der Waals surface area (Å²) in [5.74, 6) is -2.90. The van der Waals surface area contributed by atoms with Gasteiger partial charge in [0.1, 0.15) is 29.0 Å². The van der Waals surface area contributed by atoms with Gasteiger partial charge in [0, 0.05) is 24.6 Å². The van der Waals surface area contributed by atoms with Crippen molar-refractivity contribution in [3.63, 3.8) is 0 Å². The summed E-state index contributed by atoms with van der Waals surface area (Å²) < 4.78 is 84.7. The lowest BCUT2D eigenvalue weighted by Gasteiger charge is -2.48. The number of amides is 2. The van der Waals surface area contributed by atoms with Crippen LogP contribution in [0.1, 0.15) is 23.1 Å². The molecule has 48 heavy (non-hydrogen) atoms. The predicted octanol–water partition coefficient (Wildman–Crippen LogP) is 4.20. The van der Waals surface area contributed by atoms with Crippen molar-refractivity contribution in [2.75, 3.05) is 39.2 Å². The Bertz CT molecular complexity index is 1920. The molecule has 0 aliphatic carbocycles. The van der Waals surface area contributed by atoms with Gasteiger partial charge < -0.3 is 24.6 Å². The molecule has 1 fully saturated rings. The van der Waals surface area contributed by atoms with Gasteiger partial charge in [-0.3, -0.25) is 14.1 Å². The minimum absolute atomic E-state index is 0.000363. The molecule has 0 saturated carbocycles. The third-order valence-electron chi connectivity index (χ3n) is 8.89. The van der Waals surface area contributed by atoms with E-state index in [2.05, 4.69) is 16.6 Å². The molecule has 2 N–H and O–H groups in total. The van der Waals surface area contributed by atoms with E-state index in [4.69, 9.17) is 21.1 Å². The Kier molecular flexibility index (Phi) is 8.97. The number of aliphatic hydroxyl groups excluding tert-OH is 1. The van der Waals surface area contributed by atoms with Crippen LogP contribution in [0.4, 0.5) is 18.9 Å². The van der Waals surface area contributed by atoms with Gasteiger partial charge in [-0.15, -0.1) is 13.2 Å². The van der Waals surface area contributed by atoms with E-state index in [1.54, 1.807) is 12.1 Å². The Morgan fingerprint density at radius 2 is 1.81 bits per heavy atom. The lowest BCUT2D eigenvalue weighted by molar-refractivity contribution is -0.953. The third kappa shape index (κ3) is 5.34. The number of nitrogens with one attached hydrogen (secondary N) is 1. The topological polar surface area (TPSA) is 131 Å². The maximum Gasteiger partial charge on any atom is 0.573 e. The van der Waals surface area contributed by atoms with Gasteiger partial charge in [-0.05, 0) is 48.0 Å². The minimum atomic E-state index is -5.32. The smallest absolute Gasteiger partial charge is 0.497 e. The number of ether oxygens (including phenoxy) is 3. The monoisotopic (exact) mass is 710 g/mol. The van der Waals surface area contributed by atoms with E-state index in [0.29, 0.717) is 9.87 Å². The molecule has 3 aromatic rings. The largest absolute Gasteiger partial charge is 0.573 e. The number of aliphatic hydroxyl groups is 1. The zero-order valence-corrected chi connectivity index (χ0v) is 27.7. The number of nitrogens with zero attached hydrogens (tertiary/aromatic N) is 2. The van der Waals surface area contributed by atoms with Crippen LogP contribution in [0.5, 0.6) is 17.2 Å². The summed E-state index contributed by atoms with van der Waals surface area (Å²) in [5.41, 5.74) is -1.85. The molecule has 256 valence electrons. The lowest BCUT2D eigenvalue weighted by atomic mass is 9.78. The molecule has 0 spiro atoms. The number of alkyl halides is 3. The average molecular weight is 711 g/mol. The van der Waals surface area contributed by atoms with E-state index in [9.17, 15) is 31.5 Å². The Morgan fingerprint density at radius 1 is 1.10 bits per heavy atom. The second-order valence-electron chi connectivity index (χ2n) is 11.4. The predicted molar refractivity (Wildman–Crippen MR) is 169 cm³/mol. The Hall–Kier alpha value is -4.31. The van der Waals surface area contributed by atoms with Crippen molar-refractivity contribution in [2.45, 2.75) is 35.4 Å². The summed E-state index contributed by atoms with van der Waals surface area (Å²) in [6.45, 7) is 3.58. The first-order chi connectivity index (χ1) is 22.5. The molecule has 2 aliphatic rings. The standard InChI is InChI=1S/C32H31ClF3N3O8S/c1-6-18-7-11-26(46-5)23(13-18)31(39(3)17-20(40)15-25(39)29(41)37-2)22-14-19(33)8-10-24(22)38(30(31)42)48(43,44)28-12-9-21(45-4)16-27(28)47-32(34,35)36/h6-14,16,20,25,40H,1,15,17H2,2-5H3/p+1/t20-,25+,31?,39?/m1/s1. The van der Waals surface area contributed by atoms with E-state index in [-0.39, 0.29) is 46.3 Å². The number of carbonyl (C=O) groups excluding carboxylic acids is 2. The SMILES string of the molecule is C=Cc1ccc(OC)c(C2([N+]3(C)C[C@H](O)C[C@H]3C(=O)NC)C(=O)N(S(=O)(=O)c3ccc(OC)cc3OC(F)(F)F)c3ccc(Cl)cc32)c1. The van der Waals surface area contributed by atoms with Crippen molar-refractivity contribution >= 4 is 45.2 Å². The summed E-state index contributed by atoms with van der Waals surface area (Å²) in [6.07, 6.45) is -5.07. The van der Waals surface area contributed by atoms with Gasteiger partial charge in [0.25, 0.3) is 15.9 Å². The molecule has 1 saturated heterocycles. The number of likely N-dealkylation sites (N-methyl/N-ethyl adjacent to an activating group) is 2. The number of carbonyl (C=O) groups is 2. The van der Waals surface area contributed by atoms with Crippen molar-refractivity contribution in [1.82, 2.24) is 5.32 Å². The zero-order valence-electron chi connectivity index (χ0n) is 26.2. The second-order valence-corrected chi connectivity index (χ2v) is 13.6. The van der Waals surface area contributed by atoms with Gasteiger partial charge in [0.2, 0.25) is 5.54 Å². The highest BCUT2D eigenvalue weighted by molar-refractivity contribution is 7.93. The fourth-order valence-corrected chi connectivity index (χ4v) is 8.65. The van der Waals surface area contributed by atoms with E-state index in [0.717, 1.165) is 18.2 Å². The molecule has 4 atom stereocenters. The number of halogens is 4. The van der Waals surface area contributed by atoms with Crippen LogP contribution < -0.4 is 23.8 Å². The van der Waals surface area contributed by atoms with Crippen LogP contribution in [0.2, 0.25) is 5.02 Å². The number of methoxy groups -OCH3 is 2. The highest BCUT2D eigenvalue weighted by Crippen LogP contribution is 2.58. The molecule has 3 aromatic carbocycles. The quantitative estimate of drug-likeness (QED) is 0.316. The van der Waals surface area contributed by atoms with Crippen LogP contribution >= 0.6 is 11.6 Å². The number of hydrogen-bond acceptors (Lipinski definition) is 8. The lowest BCUT2D eigenvalue weighted by Crippen LogP contribution is -2.69. The molecular formula is C32H32ClF3N3O8S+. The van der Waals surface area contributed by atoms with Crippen molar-refractivity contribution in [2.24, 2.45) is 0 Å². The molecule has 2 unspecified atom stereocenters. The number of likely N-dealkylation sites (tertiary alicyclic amines) is 1. The van der Waals surface area contributed by atoms with E-state index < -0.39 is 61.0 Å². The molecule has 2 heterocycles. The number of fused-ring (bicyclic) bond motifs is 1. The molecule has 0 bridgehead atoms. The Morgan fingerprint density at radius 3 is 2.42 bits per heavy atom. The first-order valence-corrected chi connectivity index (χ1v) is 16.2. The molecule has 2 aliphatic heterocycles. The number of benzene rings is 3. The molecular weight excluding hydrogens is 679 g/mol. The van der Waals surface area contributed by atoms with Gasteiger partial charge in [0.05, 0.1) is 38.1 Å². The third-order valence-corrected chi connectivity index (χ3v) is 10.9. The number of quaternary nitrogens is 1. The van der Waals surface area contributed by atoms with E-state index in [1.165, 1.54) is 58.7 Å². The summed E-state index contributed by atoms with van der Waals surface area (Å²) >= 11 is 6.51. The fraction of sp³-hybridized carbons (Fsp3) is 0.312. The van der Waals surface area contributed by atoms with E-state index in [1.807, 2.05) is 0 Å². The Balaban J connectivity index is 1.93. The maximum absolute atomic E-state index is 15.5. The van der Waals surface area contributed by atoms with Crippen LogP contribution in [0.25, 0.3) is 6.08 Å². The van der Waals surface area contributed by atoms with Crippen molar-refractivity contribution in [1.29, 1.82) is 0 Å². The number of sulfonamides is 1. The average Bonchev–Trinajstić information content (AvgIpc) is 3.49. The van der Waals surface area contributed by atoms with Crippen molar-refractivity contribution < 1.29 is 55.0 Å². The maximum atomic E-state index is 15.5. The molecule has 0 radical (unpaired) electrons. The summed E-state index contributed by atoms with van der Waals surface area (Å²) in [4.78, 5) is 28.0. The summed E-state index contributed by atoms with van der Waals surface area (Å²) in [6, 6.07) is 10.2. The number of anilines is 1. The van der Waals surface area contributed by atoms with Gasteiger partial charge in [-0.25, -0.2) is 8.42 Å². The van der Waals surface area contributed by atoms with Gasteiger partial charge in [0.15, 0.2) is 11.8 Å². The van der Waals surface area contributed by atoms with Gasteiger partial charge >= 0.3 is 12.3 Å². The first kappa shape index (κ1) is 35.0. The minimum Gasteiger partial charge on any atom is -0.497 e. The fourth-order valence-electron chi connectivity index (χ4n) is 6.91. The molecule has 2 amide bonds. The van der Waals surface area contributed by atoms with Crippen LogP contribution in [-0.2, 0) is 25.2 Å². The highest BCUT2D eigenvalue weighted by atomic mass is 35.5. The molecule has 16 heteroatoms. The van der Waals surface area contributed by atoms with Gasteiger partial charge in [-0.1, -0.05) is 30.3 Å². The molecule has 11 nitrogen and oxygen atoms in total. The van der Waals surface area contributed by atoms with Crippen LogP contribution in [0.3, 0.4) is 0 Å². The normalized spacial score (nSPS) is 23.9. The number of rotatable bonds is 9. The van der Waals surface area contributed by atoms with Crippen molar-refractivity contribution in [3.8, 4) is 17.2 Å².